The summed E-state index contributed by atoms with van der Waals surface area (Å²) in [5, 5.41) is 12.0. The molecule has 1 amide bonds. The highest BCUT2D eigenvalue weighted by Crippen LogP contribution is 2.23. The minimum absolute atomic E-state index is 0.143. The first kappa shape index (κ1) is 15.2. The zero-order valence-corrected chi connectivity index (χ0v) is 12.7. The van der Waals surface area contributed by atoms with E-state index in [-0.39, 0.29) is 5.91 Å². The van der Waals surface area contributed by atoms with Gasteiger partial charge in [0.2, 0.25) is 11.1 Å². The van der Waals surface area contributed by atoms with E-state index in [9.17, 15) is 4.79 Å². The number of hydrogen-bond donors (Lipinski definition) is 1. The van der Waals surface area contributed by atoms with Crippen LogP contribution in [0.3, 0.4) is 0 Å². The molecule has 1 saturated carbocycles. The van der Waals surface area contributed by atoms with Gasteiger partial charge in [-0.1, -0.05) is 31.0 Å². The molecule has 8 heteroatoms. The molecule has 0 radical (unpaired) electrons. The topological polar surface area (TPSA) is 89.9 Å². The molecule has 1 aromatic heterocycles. The number of hydrogen-bond acceptors (Lipinski definition) is 6. The van der Waals surface area contributed by atoms with Crippen LogP contribution in [-0.2, 0) is 11.3 Å². The van der Waals surface area contributed by atoms with Gasteiger partial charge in [-0.05, 0) is 23.3 Å². The molecule has 0 bridgehead atoms. The van der Waals surface area contributed by atoms with Crippen molar-refractivity contribution in [1.29, 1.82) is 0 Å². The zero-order valence-electron chi connectivity index (χ0n) is 11.9. The summed E-state index contributed by atoms with van der Waals surface area (Å²) in [5.74, 6) is 0.516. The van der Waals surface area contributed by atoms with Gasteiger partial charge in [0.1, 0.15) is 0 Å². The van der Waals surface area contributed by atoms with Crippen molar-refractivity contribution in [3.05, 3.63) is 0 Å². The van der Waals surface area contributed by atoms with E-state index in [4.69, 9.17) is 5.73 Å². The largest absolute Gasteiger partial charge is 0.342 e. The lowest BCUT2D eigenvalue weighted by Crippen LogP contribution is -2.39. The molecule has 1 aliphatic carbocycles. The molecule has 0 aliphatic heterocycles. The fourth-order valence-electron chi connectivity index (χ4n) is 2.46. The Labute approximate surface area is 123 Å². The molecule has 0 spiro atoms. The zero-order chi connectivity index (χ0) is 14.4. The predicted molar refractivity (Wildman–Crippen MR) is 77.2 cm³/mol. The predicted octanol–water partition coefficient (Wildman–Crippen LogP) is 0.515. The van der Waals surface area contributed by atoms with Crippen LogP contribution in [-0.4, -0.2) is 56.4 Å². The van der Waals surface area contributed by atoms with Crippen LogP contribution < -0.4 is 5.73 Å². The molecule has 112 valence electrons. The van der Waals surface area contributed by atoms with Crippen molar-refractivity contribution in [3.63, 3.8) is 0 Å². The van der Waals surface area contributed by atoms with E-state index in [0.29, 0.717) is 30.0 Å². The highest BCUT2D eigenvalue weighted by atomic mass is 32.2. The summed E-state index contributed by atoms with van der Waals surface area (Å²) in [6.07, 6.45) is 5.99. The van der Waals surface area contributed by atoms with Crippen LogP contribution in [0.15, 0.2) is 5.16 Å². The summed E-state index contributed by atoms with van der Waals surface area (Å²) < 4.78 is 1.64. The molecule has 20 heavy (non-hydrogen) atoms. The molecule has 2 rings (SSSR count). The number of nitrogens with zero attached hydrogens (tertiary/aromatic N) is 5. The summed E-state index contributed by atoms with van der Waals surface area (Å²) in [6, 6.07) is 0.400. The summed E-state index contributed by atoms with van der Waals surface area (Å²) in [6.45, 7) is 1.05. The first-order valence-electron chi connectivity index (χ1n) is 7.07. The average Bonchev–Trinajstić information content (AvgIpc) is 2.92. The summed E-state index contributed by atoms with van der Waals surface area (Å²) in [4.78, 5) is 14.1. The van der Waals surface area contributed by atoms with Crippen LogP contribution in [0.5, 0.6) is 0 Å². The molecule has 2 N–H and O–H groups in total. The lowest BCUT2D eigenvalue weighted by molar-refractivity contribution is -0.129. The van der Waals surface area contributed by atoms with Crippen molar-refractivity contribution in [1.82, 2.24) is 25.1 Å². The number of carbonyl (C=O) groups is 1. The van der Waals surface area contributed by atoms with Gasteiger partial charge < -0.3 is 10.6 Å². The maximum Gasteiger partial charge on any atom is 0.233 e. The number of nitrogens with two attached hydrogens (primary N) is 1. The van der Waals surface area contributed by atoms with E-state index >= 15 is 0 Å². The van der Waals surface area contributed by atoms with E-state index in [1.54, 1.807) is 4.68 Å². The Morgan fingerprint density at radius 1 is 1.45 bits per heavy atom. The van der Waals surface area contributed by atoms with E-state index in [2.05, 4.69) is 15.5 Å². The van der Waals surface area contributed by atoms with Crippen LogP contribution in [0.4, 0.5) is 0 Å². The lowest BCUT2D eigenvalue weighted by atomic mass is 9.94. The Balaban J connectivity index is 1.83. The van der Waals surface area contributed by atoms with Gasteiger partial charge in [-0.2, -0.15) is 0 Å². The van der Waals surface area contributed by atoms with Gasteiger partial charge in [-0.15, -0.1) is 5.10 Å². The van der Waals surface area contributed by atoms with Gasteiger partial charge in [0.15, 0.2) is 0 Å². The molecule has 1 heterocycles. The number of tetrazole rings is 1. The SMILES string of the molecule is CN(C(=O)CSc1nnnn1CCN)C1CCCCC1. The van der Waals surface area contributed by atoms with Gasteiger partial charge in [-0.3, -0.25) is 4.79 Å². The Bertz CT molecular complexity index is 431. The second-order valence-electron chi connectivity index (χ2n) is 5.06. The highest BCUT2D eigenvalue weighted by molar-refractivity contribution is 7.99. The first-order valence-corrected chi connectivity index (χ1v) is 8.05. The van der Waals surface area contributed by atoms with Crippen molar-refractivity contribution in [2.75, 3.05) is 19.3 Å². The Morgan fingerprint density at radius 2 is 2.20 bits per heavy atom. The minimum Gasteiger partial charge on any atom is -0.342 e. The third-order valence-corrected chi connectivity index (χ3v) is 4.62. The van der Waals surface area contributed by atoms with Crippen molar-refractivity contribution in [2.45, 2.75) is 49.8 Å². The van der Waals surface area contributed by atoms with Crippen molar-refractivity contribution >= 4 is 17.7 Å². The normalized spacial score (nSPS) is 16.3. The molecule has 0 saturated heterocycles. The minimum atomic E-state index is 0.143. The fourth-order valence-corrected chi connectivity index (χ4v) is 3.29. The van der Waals surface area contributed by atoms with Crippen LogP contribution in [0.2, 0.25) is 0 Å². The molecule has 0 unspecified atom stereocenters. The number of amides is 1. The quantitative estimate of drug-likeness (QED) is 0.770. The highest BCUT2D eigenvalue weighted by Gasteiger charge is 2.22. The smallest absolute Gasteiger partial charge is 0.233 e. The molecule has 1 fully saturated rings. The molecule has 1 aromatic rings. The summed E-state index contributed by atoms with van der Waals surface area (Å²) in [5.41, 5.74) is 5.49. The van der Waals surface area contributed by atoms with Gasteiger partial charge in [0.25, 0.3) is 0 Å². The monoisotopic (exact) mass is 298 g/mol. The Kier molecular flexibility index (Phi) is 5.78. The molecule has 0 atom stereocenters. The number of rotatable bonds is 6. The summed E-state index contributed by atoms with van der Waals surface area (Å²) in [7, 11) is 1.90. The van der Waals surface area contributed by atoms with Gasteiger partial charge >= 0.3 is 0 Å². The lowest BCUT2D eigenvalue weighted by Gasteiger charge is -2.31. The summed E-state index contributed by atoms with van der Waals surface area (Å²) >= 11 is 1.37. The second kappa shape index (κ2) is 7.58. The van der Waals surface area contributed by atoms with E-state index in [1.807, 2.05) is 11.9 Å². The Morgan fingerprint density at radius 3 is 2.90 bits per heavy atom. The third kappa shape index (κ3) is 3.92. The molecular formula is C12H22N6OS. The van der Waals surface area contributed by atoms with Crippen molar-refractivity contribution in [2.24, 2.45) is 5.73 Å². The van der Waals surface area contributed by atoms with Gasteiger partial charge in [0, 0.05) is 19.6 Å². The number of aromatic nitrogens is 4. The third-order valence-electron chi connectivity index (χ3n) is 3.68. The van der Waals surface area contributed by atoms with Gasteiger partial charge in [0.05, 0.1) is 12.3 Å². The molecular weight excluding hydrogens is 276 g/mol. The molecule has 0 aromatic carbocycles. The number of carbonyl (C=O) groups excluding carboxylic acids is 1. The Hall–Kier alpha value is -1.15. The maximum atomic E-state index is 12.2. The fraction of sp³-hybridized carbons (Fsp3) is 0.833. The second-order valence-corrected chi connectivity index (χ2v) is 6.00. The van der Waals surface area contributed by atoms with Crippen LogP contribution in [0.1, 0.15) is 32.1 Å². The van der Waals surface area contributed by atoms with Gasteiger partial charge in [-0.25, -0.2) is 4.68 Å². The van der Waals surface area contributed by atoms with Crippen molar-refractivity contribution in [3.8, 4) is 0 Å². The van der Waals surface area contributed by atoms with E-state index in [0.717, 1.165) is 12.8 Å². The first-order chi connectivity index (χ1) is 9.72. The van der Waals surface area contributed by atoms with E-state index in [1.165, 1.54) is 31.0 Å². The van der Waals surface area contributed by atoms with Crippen LogP contribution >= 0.6 is 11.8 Å². The van der Waals surface area contributed by atoms with E-state index < -0.39 is 0 Å². The van der Waals surface area contributed by atoms with Crippen LogP contribution in [0.25, 0.3) is 0 Å². The standard InChI is InChI=1S/C12H22N6OS/c1-17(10-5-3-2-4-6-10)11(19)9-20-12-14-15-16-18(12)8-7-13/h10H,2-9,13H2,1H3. The average molecular weight is 298 g/mol. The number of thioether (sulfide) groups is 1. The van der Waals surface area contributed by atoms with Crippen molar-refractivity contribution < 1.29 is 4.79 Å². The maximum absolute atomic E-state index is 12.2. The molecule has 1 aliphatic rings. The van der Waals surface area contributed by atoms with Crippen LogP contribution in [0, 0.1) is 0 Å². The molecule has 7 nitrogen and oxygen atoms in total.